The fourth-order valence-electron chi connectivity index (χ4n) is 1.20. The summed E-state index contributed by atoms with van der Waals surface area (Å²) < 4.78 is 5.45. The summed E-state index contributed by atoms with van der Waals surface area (Å²) in [6, 6.07) is 2.06. The van der Waals surface area contributed by atoms with Crippen LogP contribution in [0.3, 0.4) is 0 Å². The third kappa shape index (κ3) is 6.68. The summed E-state index contributed by atoms with van der Waals surface area (Å²) in [4.78, 5) is 0. The Morgan fingerprint density at radius 3 is 2.79 bits per heavy atom. The smallest absolute Gasteiger partial charge is 0.0754 e. The lowest BCUT2D eigenvalue weighted by molar-refractivity contribution is 0.0923. The summed E-state index contributed by atoms with van der Waals surface area (Å²) in [6.45, 7) is 8.71. The van der Waals surface area contributed by atoms with E-state index >= 15 is 0 Å². The maximum absolute atomic E-state index is 8.34. The highest BCUT2D eigenvalue weighted by atomic mass is 16.5. The summed E-state index contributed by atoms with van der Waals surface area (Å²) in [5.41, 5.74) is 1.15. The average molecular weight is 195 g/mol. The number of hydrogen-bond acceptors (Lipinski definition) is 2. The normalized spacial score (nSPS) is 12.1. The van der Waals surface area contributed by atoms with Gasteiger partial charge in [0.15, 0.2) is 0 Å². The first-order valence-corrected chi connectivity index (χ1v) is 5.38. The van der Waals surface area contributed by atoms with Gasteiger partial charge in [-0.05, 0) is 25.3 Å². The SMILES string of the molecule is C=C(CCCCC)C(C)OCCC#N. The van der Waals surface area contributed by atoms with Crippen LogP contribution in [0.25, 0.3) is 0 Å². The van der Waals surface area contributed by atoms with Crippen LogP contribution < -0.4 is 0 Å². The lowest BCUT2D eigenvalue weighted by atomic mass is 10.1. The Labute approximate surface area is 87.6 Å². The monoisotopic (exact) mass is 195 g/mol. The van der Waals surface area contributed by atoms with Crippen molar-refractivity contribution in [3.63, 3.8) is 0 Å². The van der Waals surface area contributed by atoms with E-state index in [1.165, 1.54) is 19.3 Å². The van der Waals surface area contributed by atoms with Gasteiger partial charge in [-0.1, -0.05) is 26.3 Å². The van der Waals surface area contributed by atoms with E-state index in [4.69, 9.17) is 10.00 Å². The predicted octanol–water partition coefficient (Wildman–Crippen LogP) is 3.44. The Hall–Kier alpha value is -0.810. The lowest BCUT2D eigenvalue weighted by Gasteiger charge is -2.14. The molecule has 0 bridgehead atoms. The van der Waals surface area contributed by atoms with E-state index in [0.29, 0.717) is 13.0 Å². The van der Waals surface area contributed by atoms with Crippen molar-refractivity contribution < 1.29 is 4.74 Å². The fourth-order valence-corrected chi connectivity index (χ4v) is 1.20. The molecule has 0 aliphatic rings. The van der Waals surface area contributed by atoms with Crippen LogP contribution in [-0.4, -0.2) is 12.7 Å². The molecule has 0 aliphatic carbocycles. The number of rotatable bonds is 8. The molecule has 0 spiro atoms. The first-order chi connectivity index (χ1) is 6.72. The van der Waals surface area contributed by atoms with Gasteiger partial charge in [0.1, 0.15) is 0 Å². The number of nitrogens with zero attached hydrogens (tertiary/aromatic N) is 1. The molecule has 14 heavy (non-hydrogen) atoms. The number of nitriles is 1. The summed E-state index contributed by atoms with van der Waals surface area (Å²) in [6.07, 6.45) is 5.29. The third-order valence-electron chi connectivity index (χ3n) is 2.26. The Morgan fingerprint density at radius 1 is 1.50 bits per heavy atom. The van der Waals surface area contributed by atoms with Crippen LogP contribution in [0.1, 0.15) is 46.0 Å². The molecule has 0 radical (unpaired) electrons. The standard InChI is InChI=1S/C12H21NO/c1-4-5-6-8-11(2)12(3)14-10-7-9-13/h12H,2,4-8,10H2,1,3H3. The molecule has 80 valence electrons. The van der Waals surface area contributed by atoms with Crippen molar-refractivity contribution in [2.24, 2.45) is 0 Å². The van der Waals surface area contributed by atoms with E-state index in [1.807, 2.05) is 6.92 Å². The molecule has 0 rings (SSSR count). The quantitative estimate of drug-likeness (QED) is 0.439. The molecule has 0 aromatic rings. The molecule has 0 aliphatic heterocycles. The van der Waals surface area contributed by atoms with Gasteiger partial charge in [-0.3, -0.25) is 0 Å². The Bertz CT molecular complexity index is 193. The van der Waals surface area contributed by atoms with E-state index in [9.17, 15) is 0 Å². The van der Waals surface area contributed by atoms with Crippen LogP contribution in [-0.2, 0) is 4.74 Å². The Morgan fingerprint density at radius 2 is 2.21 bits per heavy atom. The van der Waals surface area contributed by atoms with E-state index < -0.39 is 0 Å². The number of hydrogen-bond donors (Lipinski definition) is 0. The molecule has 2 heteroatoms. The van der Waals surface area contributed by atoms with Crippen LogP contribution in [0.5, 0.6) is 0 Å². The van der Waals surface area contributed by atoms with Crippen LogP contribution >= 0.6 is 0 Å². The molecular formula is C12H21NO. The zero-order valence-corrected chi connectivity index (χ0v) is 9.38. The van der Waals surface area contributed by atoms with Crippen LogP contribution in [0.2, 0.25) is 0 Å². The van der Waals surface area contributed by atoms with E-state index in [0.717, 1.165) is 12.0 Å². The van der Waals surface area contributed by atoms with Crippen LogP contribution in [0, 0.1) is 11.3 Å². The zero-order valence-electron chi connectivity index (χ0n) is 9.38. The summed E-state index contributed by atoms with van der Waals surface area (Å²) in [5, 5.41) is 8.34. The van der Waals surface area contributed by atoms with Crippen molar-refractivity contribution in [2.45, 2.75) is 52.1 Å². The summed E-state index contributed by atoms with van der Waals surface area (Å²) >= 11 is 0. The molecule has 0 aromatic carbocycles. The molecule has 0 heterocycles. The van der Waals surface area contributed by atoms with E-state index in [2.05, 4.69) is 19.6 Å². The number of ether oxygens (including phenoxy) is 1. The largest absolute Gasteiger partial charge is 0.373 e. The maximum Gasteiger partial charge on any atom is 0.0754 e. The van der Waals surface area contributed by atoms with E-state index in [1.54, 1.807) is 0 Å². The minimum absolute atomic E-state index is 0.0974. The van der Waals surface area contributed by atoms with E-state index in [-0.39, 0.29) is 6.10 Å². The minimum Gasteiger partial charge on any atom is -0.373 e. The van der Waals surface area contributed by atoms with Gasteiger partial charge in [0.05, 0.1) is 25.2 Å². The molecule has 2 nitrogen and oxygen atoms in total. The molecule has 0 aromatic heterocycles. The van der Waals surface area contributed by atoms with Gasteiger partial charge in [-0.25, -0.2) is 0 Å². The fraction of sp³-hybridized carbons (Fsp3) is 0.750. The second kappa shape index (κ2) is 8.77. The molecule has 0 N–H and O–H groups in total. The molecular weight excluding hydrogens is 174 g/mol. The van der Waals surface area contributed by atoms with Gasteiger partial charge in [-0.2, -0.15) is 5.26 Å². The first-order valence-electron chi connectivity index (χ1n) is 5.38. The van der Waals surface area contributed by atoms with Crippen LogP contribution in [0.4, 0.5) is 0 Å². The second-order valence-corrected chi connectivity index (χ2v) is 3.54. The topological polar surface area (TPSA) is 33.0 Å². The lowest BCUT2D eigenvalue weighted by Crippen LogP contribution is -2.11. The van der Waals surface area contributed by atoms with Crippen molar-refractivity contribution >= 4 is 0 Å². The summed E-state index contributed by atoms with van der Waals surface area (Å²) in [7, 11) is 0. The zero-order chi connectivity index (χ0) is 10.8. The average Bonchev–Trinajstić information content (AvgIpc) is 2.18. The highest BCUT2D eigenvalue weighted by Crippen LogP contribution is 2.13. The Balaban J connectivity index is 3.50. The van der Waals surface area contributed by atoms with Crippen molar-refractivity contribution in [1.29, 1.82) is 5.26 Å². The van der Waals surface area contributed by atoms with Gasteiger partial charge >= 0.3 is 0 Å². The predicted molar refractivity (Wildman–Crippen MR) is 58.9 cm³/mol. The minimum atomic E-state index is 0.0974. The Kier molecular flexibility index (Phi) is 8.27. The van der Waals surface area contributed by atoms with Crippen molar-refractivity contribution in [3.05, 3.63) is 12.2 Å². The molecule has 0 saturated carbocycles. The molecule has 1 unspecified atom stereocenters. The van der Waals surface area contributed by atoms with Crippen LogP contribution in [0.15, 0.2) is 12.2 Å². The second-order valence-electron chi connectivity index (χ2n) is 3.54. The highest BCUT2D eigenvalue weighted by Gasteiger charge is 2.05. The van der Waals surface area contributed by atoms with Crippen molar-refractivity contribution in [1.82, 2.24) is 0 Å². The molecule has 1 atom stereocenters. The van der Waals surface area contributed by atoms with Gasteiger partial charge in [0.2, 0.25) is 0 Å². The number of unbranched alkanes of at least 4 members (excludes halogenated alkanes) is 2. The molecule has 0 fully saturated rings. The van der Waals surface area contributed by atoms with Gasteiger partial charge in [0, 0.05) is 0 Å². The maximum atomic E-state index is 8.34. The highest BCUT2D eigenvalue weighted by molar-refractivity contribution is 5.00. The van der Waals surface area contributed by atoms with Gasteiger partial charge < -0.3 is 4.74 Å². The van der Waals surface area contributed by atoms with Crippen molar-refractivity contribution in [3.8, 4) is 6.07 Å². The van der Waals surface area contributed by atoms with Crippen molar-refractivity contribution in [2.75, 3.05) is 6.61 Å². The van der Waals surface area contributed by atoms with Gasteiger partial charge in [0.25, 0.3) is 0 Å². The molecule has 0 amide bonds. The molecule has 0 saturated heterocycles. The summed E-state index contributed by atoms with van der Waals surface area (Å²) in [5.74, 6) is 0. The third-order valence-corrected chi connectivity index (χ3v) is 2.26. The first kappa shape index (κ1) is 13.2. The van der Waals surface area contributed by atoms with Gasteiger partial charge in [-0.15, -0.1) is 0 Å².